The molecule has 2 heterocycles. The molecule has 0 atom stereocenters. The largest absolute Gasteiger partial charge is 0.368 e. The third-order valence-electron chi connectivity index (χ3n) is 4.98. The third kappa shape index (κ3) is 5.36. The summed E-state index contributed by atoms with van der Waals surface area (Å²) < 4.78 is 27.4. The monoisotopic (exact) mass is 476 g/mol. The number of amides is 1. The summed E-state index contributed by atoms with van der Waals surface area (Å²) >= 11 is 6.97. The Morgan fingerprint density at radius 3 is 2.39 bits per heavy atom. The second kappa shape index (κ2) is 9.25. The molecule has 1 aliphatic rings. The van der Waals surface area contributed by atoms with E-state index < -0.39 is 10.0 Å². The molecule has 1 aromatic heterocycles. The van der Waals surface area contributed by atoms with Crippen LogP contribution >= 0.6 is 22.9 Å². The maximum Gasteiger partial charge on any atom is 0.263 e. The van der Waals surface area contributed by atoms with E-state index in [-0.39, 0.29) is 22.4 Å². The van der Waals surface area contributed by atoms with Gasteiger partial charge in [0.15, 0.2) is 5.13 Å². The van der Waals surface area contributed by atoms with Crippen LogP contribution in [0.15, 0.2) is 64.9 Å². The number of thiazole rings is 1. The van der Waals surface area contributed by atoms with Crippen LogP contribution in [0.2, 0.25) is 5.02 Å². The maximum absolute atomic E-state index is 12.7. The molecule has 7 nitrogen and oxygen atoms in total. The number of anilines is 2. The summed E-state index contributed by atoms with van der Waals surface area (Å²) in [7, 11) is -3.76. The fourth-order valence-corrected chi connectivity index (χ4v) is 5.43. The summed E-state index contributed by atoms with van der Waals surface area (Å²) in [5.74, 6) is -0.00915. The van der Waals surface area contributed by atoms with Crippen LogP contribution in [0.1, 0.15) is 5.69 Å². The minimum absolute atomic E-state index is 0.00915. The molecular formula is C21H21ClN4O3S2. The van der Waals surface area contributed by atoms with Gasteiger partial charge in [0.2, 0.25) is 5.91 Å². The summed E-state index contributed by atoms with van der Waals surface area (Å²) in [6.45, 7) is 2.85. The van der Waals surface area contributed by atoms with E-state index in [4.69, 9.17) is 11.6 Å². The number of hydrogen-bond acceptors (Lipinski definition) is 6. The van der Waals surface area contributed by atoms with Gasteiger partial charge in [0, 0.05) is 42.3 Å². The highest BCUT2D eigenvalue weighted by Crippen LogP contribution is 2.22. The van der Waals surface area contributed by atoms with E-state index in [9.17, 15) is 13.2 Å². The molecule has 31 heavy (non-hydrogen) atoms. The fraction of sp³-hybridized carbons (Fsp3) is 0.238. The summed E-state index contributed by atoms with van der Waals surface area (Å²) in [6.07, 6.45) is 0.143. The Hall–Kier alpha value is -2.62. The van der Waals surface area contributed by atoms with Gasteiger partial charge in [-0.2, -0.15) is 0 Å². The van der Waals surface area contributed by atoms with Crippen LogP contribution in [0.25, 0.3) is 0 Å². The zero-order valence-electron chi connectivity index (χ0n) is 16.6. The average Bonchev–Trinajstić information content (AvgIpc) is 3.20. The summed E-state index contributed by atoms with van der Waals surface area (Å²) in [6, 6.07) is 16.0. The smallest absolute Gasteiger partial charge is 0.263 e. The Morgan fingerprint density at radius 1 is 1.03 bits per heavy atom. The first-order valence-corrected chi connectivity index (χ1v) is 12.5. The number of aromatic nitrogens is 1. The van der Waals surface area contributed by atoms with Crippen molar-refractivity contribution >= 4 is 49.7 Å². The molecule has 1 aliphatic heterocycles. The van der Waals surface area contributed by atoms with Crippen molar-refractivity contribution in [2.45, 2.75) is 11.3 Å². The number of para-hydroxylation sites is 1. The normalized spacial score (nSPS) is 14.5. The molecule has 0 unspecified atom stereocenters. The molecule has 10 heteroatoms. The number of benzene rings is 2. The summed E-state index contributed by atoms with van der Waals surface area (Å²) in [4.78, 5) is 21.1. The van der Waals surface area contributed by atoms with Crippen LogP contribution in [0, 0.1) is 0 Å². The minimum atomic E-state index is -3.76. The number of rotatable bonds is 6. The van der Waals surface area contributed by atoms with Crippen LogP contribution in [0.5, 0.6) is 0 Å². The Labute approximate surface area is 190 Å². The lowest BCUT2D eigenvalue weighted by Crippen LogP contribution is -2.49. The predicted octanol–water partition coefficient (Wildman–Crippen LogP) is 3.49. The first kappa shape index (κ1) is 21.6. The van der Waals surface area contributed by atoms with Gasteiger partial charge in [0.1, 0.15) is 0 Å². The molecule has 1 amide bonds. The predicted molar refractivity (Wildman–Crippen MR) is 123 cm³/mol. The van der Waals surface area contributed by atoms with Gasteiger partial charge < -0.3 is 9.80 Å². The molecule has 4 rings (SSSR count). The Bertz CT molecular complexity index is 1140. The Morgan fingerprint density at radius 2 is 1.71 bits per heavy atom. The van der Waals surface area contributed by atoms with Gasteiger partial charge in [-0.3, -0.25) is 9.52 Å². The minimum Gasteiger partial charge on any atom is -0.368 e. The third-order valence-corrected chi connectivity index (χ3v) is 7.53. The van der Waals surface area contributed by atoms with Gasteiger partial charge in [0.05, 0.1) is 17.0 Å². The fourth-order valence-electron chi connectivity index (χ4n) is 3.34. The summed E-state index contributed by atoms with van der Waals surface area (Å²) in [5, 5.41) is 2.39. The lowest BCUT2D eigenvalue weighted by Gasteiger charge is -2.36. The zero-order valence-corrected chi connectivity index (χ0v) is 19.0. The van der Waals surface area contributed by atoms with E-state index in [1.807, 2.05) is 23.1 Å². The molecule has 3 aromatic rings. The number of sulfonamides is 1. The van der Waals surface area contributed by atoms with E-state index in [2.05, 4.69) is 26.7 Å². The van der Waals surface area contributed by atoms with Gasteiger partial charge in [-0.05, 0) is 36.4 Å². The van der Waals surface area contributed by atoms with Crippen molar-refractivity contribution < 1.29 is 13.2 Å². The topological polar surface area (TPSA) is 82.6 Å². The van der Waals surface area contributed by atoms with E-state index in [0.717, 1.165) is 30.1 Å². The molecule has 0 saturated carbocycles. The lowest BCUT2D eigenvalue weighted by atomic mass is 10.2. The van der Waals surface area contributed by atoms with Gasteiger partial charge in [-0.25, -0.2) is 13.4 Å². The van der Waals surface area contributed by atoms with Crippen molar-refractivity contribution in [3.8, 4) is 0 Å². The second-order valence-electron chi connectivity index (χ2n) is 7.08. The molecule has 0 spiro atoms. The molecule has 0 aliphatic carbocycles. The quantitative estimate of drug-likeness (QED) is 0.589. The first-order chi connectivity index (χ1) is 14.9. The van der Waals surface area contributed by atoms with E-state index in [1.165, 1.54) is 24.3 Å². The highest BCUT2D eigenvalue weighted by molar-refractivity contribution is 7.93. The Balaban J connectivity index is 1.33. The second-order valence-corrected chi connectivity index (χ2v) is 10.1. The van der Waals surface area contributed by atoms with Crippen molar-refractivity contribution in [2.75, 3.05) is 35.8 Å². The van der Waals surface area contributed by atoms with Crippen molar-refractivity contribution in [1.82, 2.24) is 9.88 Å². The SMILES string of the molecule is O=C(Cc1csc(NS(=O)(=O)c2ccc(Cl)cc2)n1)N1CCN(c2ccccc2)CC1. The van der Waals surface area contributed by atoms with Gasteiger partial charge >= 0.3 is 0 Å². The zero-order chi connectivity index (χ0) is 21.8. The highest BCUT2D eigenvalue weighted by Gasteiger charge is 2.22. The molecule has 1 saturated heterocycles. The van der Waals surface area contributed by atoms with Crippen molar-refractivity contribution in [3.63, 3.8) is 0 Å². The summed E-state index contributed by atoms with van der Waals surface area (Å²) in [5.41, 5.74) is 1.71. The molecule has 1 N–H and O–H groups in total. The van der Waals surface area contributed by atoms with E-state index >= 15 is 0 Å². The van der Waals surface area contributed by atoms with E-state index in [1.54, 1.807) is 5.38 Å². The number of halogens is 1. The molecule has 1 fully saturated rings. The van der Waals surface area contributed by atoms with E-state index in [0.29, 0.717) is 23.8 Å². The van der Waals surface area contributed by atoms with Crippen molar-refractivity contribution in [3.05, 3.63) is 70.7 Å². The Kier molecular flexibility index (Phi) is 6.45. The molecular weight excluding hydrogens is 456 g/mol. The van der Waals surface area contributed by atoms with Crippen LogP contribution in [0.3, 0.4) is 0 Å². The first-order valence-electron chi connectivity index (χ1n) is 9.71. The van der Waals surface area contributed by atoms with Gasteiger partial charge in [0.25, 0.3) is 10.0 Å². The van der Waals surface area contributed by atoms with Crippen LogP contribution in [-0.2, 0) is 21.2 Å². The number of carbonyl (C=O) groups is 1. The number of nitrogens with one attached hydrogen (secondary N) is 1. The number of nitrogens with zero attached hydrogens (tertiary/aromatic N) is 3. The standard InChI is InChI=1S/C21H21ClN4O3S2/c22-16-6-8-19(9-7-16)31(28,29)24-21-23-17(15-30-21)14-20(27)26-12-10-25(11-13-26)18-4-2-1-3-5-18/h1-9,15H,10-14H2,(H,23,24). The highest BCUT2D eigenvalue weighted by atomic mass is 35.5. The number of piperazine rings is 1. The van der Waals surface area contributed by atoms with Crippen LogP contribution in [0.4, 0.5) is 10.8 Å². The van der Waals surface area contributed by atoms with Crippen molar-refractivity contribution in [1.29, 1.82) is 0 Å². The van der Waals surface area contributed by atoms with Gasteiger partial charge in [-0.1, -0.05) is 29.8 Å². The van der Waals surface area contributed by atoms with Gasteiger partial charge in [-0.15, -0.1) is 11.3 Å². The maximum atomic E-state index is 12.7. The number of hydrogen-bond donors (Lipinski definition) is 1. The van der Waals surface area contributed by atoms with Crippen LogP contribution < -0.4 is 9.62 Å². The molecule has 0 radical (unpaired) electrons. The molecule has 2 aromatic carbocycles. The number of carbonyl (C=O) groups excluding carboxylic acids is 1. The average molecular weight is 477 g/mol. The lowest BCUT2D eigenvalue weighted by molar-refractivity contribution is -0.130. The van der Waals surface area contributed by atoms with Crippen molar-refractivity contribution in [2.24, 2.45) is 0 Å². The molecule has 162 valence electrons. The molecule has 0 bridgehead atoms. The van der Waals surface area contributed by atoms with Crippen LogP contribution in [-0.4, -0.2) is 50.4 Å².